The summed E-state index contributed by atoms with van der Waals surface area (Å²) in [5.74, 6) is 0.151. The van der Waals surface area contributed by atoms with Gasteiger partial charge in [-0.25, -0.2) is 4.98 Å². The van der Waals surface area contributed by atoms with Crippen molar-refractivity contribution >= 4 is 11.9 Å². The first-order valence-corrected chi connectivity index (χ1v) is 6.16. The van der Waals surface area contributed by atoms with E-state index >= 15 is 0 Å². The third kappa shape index (κ3) is 1.99. The highest BCUT2D eigenvalue weighted by molar-refractivity contribution is 6.12. The van der Waals surface area contributed by atoms with Crippen molar-refractivity contribution in [1.29, 1.82) is 0 Å². The molecule has 1 heterocycles. The fraction of sp³-hybridized carbons (Fsp3) is 0.200. The number of H-pyrrole nitrogens is 1. The number of carbonyl (C=O) groups is 1. The Balaban J connectivity index is 2.02. The number of imidazole rings is 1. The summed E-state index contributed by atoms with van der Waals surface area (Å²) in [6.07, 6.45) is 8.09. The largest absolute Gasteiger partial charge is 0.345 e. The van der Waals surface area contributed by atoms with Crippen LogP contribution in [0, 0.1) is 0 Å². The van der Waals surface area contributed by atoms with Gasteiger partial charge in [0, 0.05) is 11.1 Å². The van der Waals surface area contributed by atoms with Gasteiger partial charge in [0.1, 0.15) is 0 Å². The van der Waals surface area contributed by atoms with Crippen molar-refractivity contribution in [3.8, 4) is 0 Å². The Hall–Kier alpha value is -2.16. The predicted octanol–water partition coefficient (Wildman–Crippen LogP) is 3.01. The Kier molecular flexibility index (Phi) is 2.81. The van der Waals surface area contributed by atoms with E-state index in [0.717, 1.165) is 41.7 Å². The molecule has 0 fully saturated rings. The third-order valence-electron chi connectivity index (χ3n) is 3.29. The van der Waals surface area contributed by atoms with Gasteiger partial charge in [-0.05, 0) is 30.9 Å². The topological polar surface area (TPSA) is 45.8 Å². The normalized spacial score (nSPS) is 17.6. The zero-order valence-corrected chi connectivity index (χ0v) is 10.0. The van der Waals surface area contributed by atoms with Gasteiger partial charge in [0.15, 0.2) is 5.78 Å². The van der Waals surface area contributed by atoms with Crippen LogP contribution < -0.4 is 0 Å². The lowest BCUT2D eigenvalue weighted by molar-refractivity contribution is 0.103. The van der Waals surface area contributed by atoms with Crippen LogP contribution in [0.5, 0.6) is 0 Å². The molecule has 1 N–H and O–H groups in total. The number of Topliss-reactive ketones (excluding diaryl/α,β-unsaturated/α-hetero) is 1. The minimum atomic E-state index is 0.151. The number of hydrogen-bond donors (Lipinski definition) is 1. The predicted molar refractivity (Wildman–Crippen MR) is 70.3 cm³/mol. The summed E-state index contributed by atoms with van der Waals surface area (Å²) in [6, 6.07) is 7.89. The molecule has 3 heteroatoms. The van der Waals surface area contributed by atoms with Crippen molar-refractivity contribution < 1.29 is 4.79 Å². The molecule has 0 radical (unpaired) electrons. The highest BCUT2D eigenvalue weighted by Gasteiger charge is 2.19. The average molecular weight is 238 g/mol. The summed E-state index contributed by atoms with van der Waals surface area (Å²) in [5, 5.41) is 0. The molecule has 0 unspecified atom stereocenters. The summed E-state index contributed by atoms with van der Waals surface area (Å²) in [6.45, 7) is 0. The van der Waals surface area contributed by atoms with Crippen LogP contribution in [0.2, 0.25) is 0 Å². The molecule has 1 aliphatic rings. The first kappa shape index (κ1) is 11.0. The molecule has 0 bridgehead atoms. The van der Waals surface area contributed by atoms with Gasteiger partial charge >= 0.3 is 0 Å². The van der Waals surface area contributed by atoms with E-state index in [4.69, 9.17) is 0 Å². The third-order valence-corrected chi connectivity index (χ3v) is 3.29. The van der Waals surface area contributed by atoms with Crippen LogP contribution in [-0.4, -0.2) is 15.8 Å². The molecule has 3 rings (SSSR count). The maximum absolute atomic E-state index is 12.5. The summed E-state index contributed by atoms with van der Waals surface area (Å²) < 4.78 is 0. The maximum atomic E-state index is 12.5. The fourth-order valence-corrected chi connectivity index (χ4v) is 2.39. The van der Waals surface area contributed by atoms with E-state index in [1.165, 1.54) is 0 Å². The Bertz CT molecular complexity index is 597. The molecular weight excluding hydrogens is 224 g/mol. The van der Waals surface area contributed by atoms with Crippen LogP contribution in [0.3, 0.4) is 0 Å². The summed E-state index contributed by atoms with van der Waals surface area (Å²) in [4.78, 5) is 19.4. The van der Waals surface area contributed by atoms with Gasteiger partial charge in [-0.15, -0.1) is 0 Å². The Morgan fingerprint density at radius 3 is 2.94 bits per heavy atom. The SMILES string of the molecule is O=C1C(=Cc2cnc[nH]2)CCCc2ccccc21. The van der Waals surface area contributed by atoms with E-state index in [1.807, 2.05) is 30.3 Å². The number of aromatic nitrogens is 2. The van der Waals surface area contributed by atoms with Crippen LogP contribution in [0.25, 0.3) is 6.08 Å². The van der Waals surface area contributed by atoms with Gasteiger partial charge in [-0.1, -0.05) is 24.3 Å². The van der Waals surface area contributed by atoms with Crippen molar-refractivity contribution in [2.24, 2.45) is 0 Å². The number of carbonyl (C=O) groups excluding carboxylic acids is 1. The van der Waals surface area contributed by atoms with Crippen LogP contribution in [0.4, 0.5) is 0 Å². The Morgan fingerprint density at radius 1 is 1.22 bits per heavy atom. The van der Waals surface area contributed by atoms with Crippen molar-refractivity contribution in [2.75, 3.05) is 0 Å². The second-order valence-electron chi connectivity index (χ2n) is 4.52. The van der Waals surface area contributed by atoms with Gasteiger partial charge in [0.25, 0.3) is 0 Å². The molecule has 0 saturated carbocycles. The lowest BCUT2D eigenvalue weighted by Crippen LogP contribution is -2.03. The molecule has 1 aromatic carbocycles. The molecule has 0 atom stereocenters. The average Bonchev–Trinajstić information content (AvgIpc) is 2.85. The molecule has 90 valence electrons. The molecule has 1 aliphatic carbocycles. The van der Waals surface area contributed by atoms with E-state index in [0.29, 0.717) is 0 Å². The number of nitrogens with one attached hydrogen (secondary N) is 1. The first-order chi connectivity index (χ1) is 8.84. The number of hydrogen-bond acceptors (Lipinski definition) is 2. The summed E-state index contributed by atoms with van der Waals surface area (Å²) in [7, 11) is 0. The Morgan fingerprint density at radius 2 is 2.11 bits per heavy atom. The monoisotopic (exact) mass is 238 g/mol. The van der Waals surface area contributed by atoms with Crippen LogP contribution in [0.1, 0.15) is 34.5 Å². The second kappa shape index (κ2) is 4.61. The molecule has 18 heavy (non-hydrogen) atoms. The zero-order valence-electron chi connectivity index (χ0n) is 10.0. The minimum Gasteiger partial charge on any atom is -0.345 e. The van der Waals surface area contributed by atoms with Gasteiger partial charge in [-0.2, -0.15) is 0 Å². The molecule has 3 nitrogen and oxygen atoms in total. The number of rotatable bonds is 1. The van der Waals surface area contributed by atoms with Crippen LogP contribution in [0.15, 0.2) is 42.4 Å². The van der Waals surface area contributed by atoms with Crippen molar-refractivity contribution in [1.82, 2.24) is 9.97 Å². The molecule has 0 aliphatic heterocycles. The molecule has 0 saturated heterocycles. The van der Waals surface area contributed by atoms with Crippen molar-refractivity contribution in [3.05, 3.63) is 59.2 Å². The quantitative estimate of drug-likeness (QED) is 0.613. The lowest BCUT2D eigenvalue weighted by atomic mass is 9.99. The standard InChI is InChI=1S/C15H14N2O/c18-15-12(8-13-9-16-10-17-13)6-3-5-11-4-1-2-7-14(11)15/h1-2,4,7-10H,3,5-6H2,(H,16,17). The lowest BCUT2D eigenvalue weighted by Gasteiger charge is -2.04. The maximum Gasteiger partial charge on any atom is 0.189 e. The van der Waals surface area contributed by atoms with E-state index in [1.54, 1.807) is 12.5 Å². The van der Waals surface area contributed by atoms with Gasteiger partial charge < -0.3 is 4.98 Å². The highest BCUT2D eigenvalue weighted by atomic mass is 16.1. The van der Waals surface area contributed by atoms with Gasteiger partial charge in [-0.3, -0.25) is 4.79 Å². The Labute approximate surface area is 106 Å². The molecular formula is C15H14N2O. The van der Waals surface area contributed by atoms with E-state index < -0.39 is 0 Å². The number of aromatic amines is 1. The molecule has 0 amide bonds. The zero-order chi connectivity index (χ0) is 12.4. The summed E-state index contributed by atoms with van der Waals surface area (Å²) >= 11 is 0. The van der Waals surface area contributed by atoms with Crippen LogP contribution in [-0.2, 0) is 6.42 Å². The number of nitrogens with zero attached hydrogens (tertiary/aromatic N) is 1. The van der Waals surface area contributed by atoms with Gasteiger partial charge in [0.05, 0.1) is 18.2 Å². The fourth-order valence-electron chi connectivity index (χ4n) is 2.39. The van der Waals surface area contributed by atoms with E-state index in [2.05, 4.69) is 9.97 Å². The van der Waals surface area contributed by atoms with Gasteiger partial charge in [0.2, 0.25) is 0 Å². The number of aryl methyl sites for hydroxylation is 1. The molecule has 1 aromatic heterocycles. The minimum absolute atomic E-state index is 0.151. The van der Waals surface area contributed by atoms with Crippen molar-refractivity contribution in [2.45, 2.75) is 19.3 Å². The van der Waals surface area contributed by atoms with E-state index in [-0.39, 0.29) is 5.78 Å². The summed E-state index contributed by atoms with van der Waals surface area (Å²) in [5.41, 5.74) is 3.76. The highest BCUT2D eigenvalue weighted by Crippen LogP contribution is 2.25. The molecule has 2 aromatic rings. The number of ketones is 1. The molecule has 0 spiro atoms. The second-order valence-corrected chi connectivity index (χ2v) is 4.52. The van der Waals surface area contributed by atoms with E-state index in [9.17, 15) is 4.79 Å². The number of fused-ring (bicyclic) bond motifs is 1. The first-order valence-electron chi connectivity index (χ1n) is 6.16. The number of benzene rings is 1. The smallest absolute Gasteiger partial charge is 0.189 e. The van der Waals surface area contributed by atoms with Crippen LogP contribution >= 0.6 is 0 Å². The van der Waals surface area contributed by atoms with Crippen molar-refractivity contribution in [3.63, 3.8) is 0 Å². The number of allylic oxidation sites excluding steroid dienone is 1.